The van der Waals surface area contributed by atoms with Crippen molar-refractivity contribution < 1.29 is 13.7 Å². The third-order valence-electron chi connectivity index (χ3n) is 4.59. The Kier molecular flexibility index (Phi) is 4.48. The Balaban J connectivity index is 1.54. The smallest absolute Gasteiger partial charge is 0.258 e. The van der Waals surface area contributed by atoms with E-state index >= 15 is 0 Å². The van der Waals surface area contributed by atoms with E-state index in [4.69, 9.17) is 4.52 Å². The van der Waals surface area contributed by atoms with Crippen LogP contribution in [0.25, 0.3) is 22.8 Å². The molecule has 0 spiro atoms. The van der Waals surface area contributed by atoms with Crippen molar-refractivity contribution in [1.82, 2.24) is 15.5 Å². The summed E-state index contributed by atoms with van der Waals surface area (Å²) < 4.78 is 18.4. The van der Waals surface area contributed by atoms with Gasteiger partial charge in [0.15, 0.2) is 0 Å². The maximum absolute atomic E-state index is 13.0. The van der Waals surface area contributed by atoms with Crippen molar-refractivity contribution in [1.29, 1.82) is 0 Å². The number of carbonyl (C=O) groups excluding carboxylic acids is 1. The van der Waals surface area contributed by atoms with E-state index < -0.39 is 0 Å². The predicted molar refractivity (Wildman–Crippen MR) is 94.9 cm³/mol. The Labute approximate surface area is 150 Å². The summed E-state index contributed by atoms with van der Waals surface area (Å²) in [4.78, 5) is 16.8. The second kappa shape index (κ2) is 7.07. The number of carbonyl (C=O) groups is 1. The molecule has 2 aromatic carbocycles. The molecule has 5 nitrogen and oxygen atoms in total. The molecule has 1 fully saturated rings. The first-order valence-electron chi connectivity index (χ1n) is 8.70. The average molecular weight is 351 g/mol. The zero-order chi connectivity index (χ0) is 17.9. The van der Waals surface area contributed by atoms with Crippen LogP contribution in [0.2, 0.25) is 0 Å². The maximum atomic E-state index is 13.0. The summed E-state index contributed by atoms with van der Waals surface area (Å²) in [6.45, 7) is 0. The first kappa shape index (κ1) is 16.4. The van der Waals surface area contributed by atoms with Crippen LogP contribution in [-0.4, -0.2) is 22.1 Å². The molecule has 4 rings (SSSR count). The van der Waals surface area contributed by atoms with Gasteiger partial charge in [0.05, 0.1) is 0 Å². The number of hydrogen-bond acceptors (Lipinski definition) is 4. The Hall–Kier alpha value is -3.02. The molecule has 0 radical (unpaired) electrons. The minimum Gasteiger partial charge on any atom is -0.349 e. The molecule has 6 heteroatoms. The fourth-order valence-corrected chi connectivity index (χ4v) is 3.19. The second-order valence-corrected chi connectivity index (χ2v) is 6.47. The fraction of sp³-hybridized carbons (Fsp3) is 0.250. The van der Waals surface area contributed by atoms with Crippen LogP contribution >= 0.6 is 0 Å². The molecule has 1 aromatic heterocycles. The number of nitrogens with one attached hydrogen (secondary N) is 1. The summed E-state index contributed by atoms with van der Waals surface area (Å²) in [7, 11) is 0. The fourth-order valence-electron chi connectivity index (χ4n) is 3.19. The van der Waals surface area contributed by atoms with Crippen molar-refractivity contribution in [2.24, 2.45) is 0 Å². The summed E-state index contributed by atoms with van der Waals surface area (Å²) in [5, 5.41) is 7.01. The van der Waals surface area contributed by atoms with Gasteiger partial charge >= 0.3 is 0 Å². The number of rotatable bonds is 4. The highest BCUT2D eigenvalue weighted by atomic mass is 19.1. The zero-order valence-corrected chi connectivity index (χ0v) is 14.1. The Morgan fingerprint density at radius 3 is 2.62 bits per heavy atom. The van der Waals surface area contributed by atoms with Crippen LogP contribution in [0.15, 0.2) is 53.1 Å². The van der Waals surface area contributed by atoms with Crippen LogP contribution in [0.5, 0.6) is 0 Å². The standard InChI is InChI=1S/C20H18FN3O2/c21-16-10-8-13(9-11-16)18-23-20(26-24-18)15-5-3-4-14(12-15)19(25)22-17-6-1-2-7-17/h3-5,8-12,17H,1-2,6-7H2,(H,22,25). The lowest BCUT2D eigenvalue weighted by molar-refractivity contribution is 0.0938. The molecule has 0 aliphatic heterocycles. The van der Waals surface area contributed by atoms with Crippen molar-refractivity contribution in [3.8, 4) is 22.8 Å². The third kappa shape index (κ3) is 3.49. The van der Waals surface area contributed by atoms with Crippen LogP contribution < -0.4 is 5.32 Å². The van der Waals surface area contributed by atoms with Gasteiger partial charge < -0.3 is 9.84 Å². The monoisotopic (exact) mass is 351 g/mol. The molecule has 0 bridgehead atoms. The van der Waals surface area contributed by atoms with Crippen LogP contribution in [0.4, 0.5) is 4.39 Å². The molecular weight excluding hydrogens is 333 g/mol. The molecule has 0 unspecified atom stereocenters. The van der Waals surface area contributed by atoms with Gasteiger partial charge in [0.2, 0.25) is 5.82 Å². The third-order valence-corrected chi connectivity index (χ3v) is 4.59. The number of nitrogens with zero attached hydrogens (tertiary/aromatic N) is 2. The average Bonchev–Trinajstić information content (AvgIpc) is 3.34. The van der Waals surface area contributed by atoms with Crippen LogP contribution in [0.3, 0.4) is 0 Å². The SMILES string of the molecule is O=C(NC1CCCC1)c1cccc(-c2nc(-c3ccc(F)cc3)no2)c1. The molecule has 1 N–H and O–H groups in total. The lowest BCUT2D eigenvalue weighted by Gasteiger charge is -2.12. The quantitative estimate of drug-likeness (QED) is 0.764. The summed E-state index contributed by atoms with van der Waals surface area (Å²) >= 11 is 0. The molecule has 3 aromatic rings. The first-order chi connectivity index (χ1) is 12.7. The topological polar surface area (TPSA) is 68.0 Å². The molecule has 1 aliphatic rings. The van der Waals surface area contributed by atoms with Crippen molar-refractivity contribution >= 4 is 5.91 Å². The van der Waals surface area contributed by atoms with E-state index in [0.29, 0.717) is 28.4 Å². The van der Waals surface area contributed by atoms with Gasteiger partial charge in [-0.25, -0.2) is 4.39 Å². The van der Waals surface area contributed by atoms with Crippen molar-refractivity contribution in [2.45, 2.75) is 31.7 Å². The van der Waals surface area contributed by atoms with E-state index in [9.17, 15) is 9.18 Å². The molecular formula is C20H18FN3O2. The van der Waals surface area contributed by atoms with E-state index in [2.05, 4.69) is 15.5 Å². The molecule has 0 saturated heterocycles. The number of amides is 1. The Morgan fingerprint density at radius 1 is 1.08 bits per heavy atom. The van der Waals surface area contributed by atoms with Crippen molar-refractivity contribution in [3.05, 3.63) is 59.9 Å². The normalized spacial score (nSPS) is 14.5. The van der Waals surface area contributed by atoms with E-state index in [1.165, 1.54) is 25.0 Å². The summed E-state index contributed by atoms with van der Waals surface area (Å²) in [5.74, 6) is 0.288. The van der Waals surface area contributed by atoms with Gasteiger partial charge in [-0.15, -0.1) is 0 Å². The molecule has 26 heavy (non-hydrogen) atoms. The molecule has 1 saturated carbocycles. The Bertz CT molecular complexity index is 915. The number of halogens is 1. The van der Waals surface area contributed by atoms with E-state index in [-0.39, 0.29) is 17.8 Å². The summed E-state index contributed by atoms with van der Waals surface area (Å²) in [6.07, 6.45) is 4.41. The highest BCUT2D eigenvalue weighted by Crippen LogP contribution is 2.24. The van der Waals surface area contributed by atoms with Gasteiger partial charge in [-0.05, 0) is 55.3 Å². The number of benzene rings is 2. The highest BCUT2D eigenvalue weighted by molar-refractivity contribution is 5.95. The Morgan fingerprint density at radius 2 is 1.85 bits per heavy atom. The van der Waals surface area contributed by atoms with Crippen molar-refractivity contribution in [2.75, 3.05) is 0 Å². The van der Waals surface area contributed by atoms with E-state index in [0.717, 1.165) is 12.8 Å². The molecule has 1 amide bonds. The maximum Gasteiger partial charge on any atom is 0.258 e. The zero-order valence-electron chi connectivity index (χ0n) is 14.1. The lowest BCUT2D eigenvalue weighted by atomic mass is 10.1. The van der Waals surface area contributed by atoms with Gasteiger partial charge in [-0.1, -0.05) is 24.1 Å². The van der Waals surface area contributed by atoms with Gasteiger partial charge in [0, 0.05) is 22.7 Å². The van der Waals surface area contributed by atoms with Gasteiger partial charge in [-0.3, -0.25) is 4.79 Å². The van der Waals surface area contributed by atoms with Crippen LogP contribution in [0.1, 0.15) is 36.0 Å². The largest absolute Gasteiger partial charge is 0.349 e. The predicted octanol–water partition coefficient (Wildman–Crippen LogP) is 4.22. The van der Waals surface area contributed by atoms with E-state index in [1.807, 2.05) is 6.07 Å². The summed E-state index contributed by atoms with van der Waals surface area (Å²) in [6, 6.07) is 13.3. The van der Waals surface area contributed by atoms with Gasteiger partial charge in [0.25, 0.3) is 11.8 Å². The summed E-state index contributed by atoms with van der Waals surface area (Å²) in [5.41, 5.74) is 1.90. The number of hydrogen-bond donors (Lipinski definition) is 1. The molecule has 1 heterocycles. The minimum absolute atomic E-state index is 0.0861. The molecule has 132 valence electrons. The molecule has 0 atom stereocenters. The lowest BCUT2D eigenvalue weighted by Crippen LogP contribution is -2.32. The van der Waals surface area contributed by atoms with Crippen LogP contribution in [0, 0.1) is 5.82 Å². The molecule has 1 aliphatic carbocycles. The minimum atomic E-state index is -0.321. The van der Waals surface area contributed by atoms with Gasteiger partial charge in [0.1, 0.15) is 5.82 Å². The number of aromatic nitrogens is 2. The first-order valence-corrected chi connectivity index (χ1v) is 8.70. The van der Waals surface area contributed by atoms with E-state index in [1.54, 1.807) is 30.3 Å². The van der Waals surface area contributed by atoms with Crippen LogP contribution in [-0.2, 0) is 0 Å². The highest BCUT2D eigenvalue weighted by Gasteiger charge is 2.19. The van der Waals surface area contributed by atoms with Crippen molar-refractivity contribution in [3.63, 3.8) is 0 Å². The second-order valence-electron chi connectivity index (χ2n) is 6.47. The van der Waals surface area contributed by atoms with Gasteiger partial charge in [-0.2, -0.15) is 4.98 Å².